The number of carbonyl (C=O) groups excluding carboxylic acids is 1. The van der Waals surface area contributed by atoms with Crippen molar-refractivity contribution in [3.63, 3.8) is 0 Å². The first kappa shape index (κ1) is 20.2. The minimum Gasteiger partial charge on any atom is -0.444 e. The normalized spacial score (nSPS) is 14.7. The Morgan fingerprint density at radius 2 is 2.10 bits per heavy atom. The molecular weight excluding hydrogens is 376 g/mol. The van der Waals surface area contributed by atoms with E-state index in [1.807, 2.05) is 42.6 Å². The third-order valence-corrected chi connectivity index (χ3v) is 5.17. The van der Waals surface area contributed by atoms with Gasteiger partial charge in [-0.1, -0.05) is 50.3 Å². The Kier molecular flexibility index (Phi) is 6.14. The van der Waals surface area contributed by atoms with Crippen LogP contribution in [0, 0.1) is 5.92 Å². The molecular formula is C24H27N4O2. The molecule has 0 saturated carbocycles. The highest BCUT2D eigenvalue weighted by Crippen LogP contribution is 2.30. The smallest absolute Gasteiger partial charge is 0.412 e. The molecule has 1 amide bonds. The van der Waals surface area contributed by atoms with Gasteiger partial charge in [0.25, 0.3) is 0 Å². The zero-order valence-electron chi connectivity index (χ0n) is 17.4. The van der Waals surface area contributed by atoms with E-state index in [9.17, 15) is 4.79 Å². The zero-order chi connectivity index (χ0) is 20.9. The van der Waals surface area contributed by atoms with E-state index in [1.54, 1.807) is 6.20 Å². The van der Waals surface area contributed by atoms with Crippen LogP contribution in [0.15, 0.2) is 54.9 Å². The van der Waals surface area contributed by atoms with Crippen molar-refractivity contribution in [3.8, 4) is 0 Å². The second-order valence-electron chi connectivity index (χ2n) is 7.93. The second kappa shape index (κ2) is 9.13. The van der Waals surface area contributed by atoms with Crippen LogP contribution in [0.4, 0.5) is 10.5 Å². The summed E-state index contributed by atoms with van der Waals surface area (Å²) < 4.78 is 5.31. The largest absolute Gasteiger partial charge is 0.444 e. The van der Waals surface area contributed by atoms with Gasteiger partial charge in [-0.05, 0) is 29.5 Å². The molecule has 2 aromatic heterocycles. The number of nitrogens with one attached hydrogen (secondary N) is 2. The Balaban J connectivity index is 1.44. The predicted octanol–water partition coefficient (Wildman–Crippen LogP) is 5.01. The molecule has 2 N–H and O–H groups in total. The van der Waals surface area contributed by atoms with Crippen LogP contribution in [-0.4, -0.2) is 40.6 Å². The molecule has 0 aliphatic carbocycles. The Bertz CT molecular complexity index is 1040. The highest BCUT2D eigenvalue weighted by Gasteiger charge is 2.17. The van der Waals surface area contributed by atoms with Crippen molar-refractivity contribution < 1.29 is 9.53 Å². The van der Waals surface area contributed by atoms with Crippen molar-refractivity contribution in [3.05, 3.63) is 71.9 Å². The Labute approximate surface area is 177 Å². The van der Waals surface area contributed by atoms with Gasteiger partial charge in [0, 0.05) is 36.8 Å². The van der Waals surface area contributed by atoms with Crippen molar-refractivity contribution in [2.45, 2.75) is 26.9 Å². The molecule has 0 bridgehead atoms. The number of rotatable bonds is 6. The quantitative estimate of drug-likeness (QED) is 0.607. The minimum absolute atomic E-state index is 0.232. The molecule has 0 unspecified atom stereocenters. The standard InChI is InChI=1S/C24H27N4O2/c1-17(2)15-28-10-8-19(9-11-28)22-14-26-23-21(22)12-20(13-25-23)27-24(29)30-16-18-6-4-3-5-7-18/h3-8,12-14H,9-11,15-16H2,1-2H3,(H,25,26)(H,27,29). The number of aromatic nitrogens is 2. The number of pyridine rings is 1. The molecule has 6 heteroatoms. The molecule has 3 aromatic rings. The number of benzene rings is 1. The highest BCUT2D eigenvalue weighted by molar-refractivity contribution is 5.94. The van der Waals surface area contributed by atoms with Crippen LogP contribution in [0.2, 0.25) is 0 Å². The Morgan fingerprint density at radius 1 is 1.27 bits per heavy atom. The topological polar surface area (TPSA) is 70.2 Å². The van der Waals surface area contributed by atoms with Crippen LogP contribution in [0.25, 0.3) is 16.6 Å². The minimum atomic E-state index is -0.490. The first-order chi connectivity index (χ1) is 14.6. The number of ether oxygens (including phenoxy) is 1. The molecule has 4 rings (SSSR count). The van der Waals surface area contributed by atoms with E-state index in [1.165, 1.54) is 11.5 Å². The number of amides is 1. The van der Waals surface area contributed by atoms with Gasteiger partial charge in [-0.2, -0.15) is 0 Å². The number of anilines is 1. The fourth-order valence-corrected chi connectivity index (χ4v) is 3.76. The van der Waals surface area contributed by atoms with Crippen molar-refractivity contribution in [1.29, 1.82) is 0 Å². The molecule has 6 nitrogen and oxygen atoms in total. The fourth-order valence-electron chi connectivity index (χ4n) is 3.76. The molecule has 30 heavy (non-hydrogen) atoms. The van der Waals surface area contributed by atoms with E-state index in [2.05, 4.69) is 40.1 Å². The van der Waals surface area contributed by atoms with Crippen LogP contribution >= 0.6 is 0 Å². The van der Waals surface area contributed by atoms with E-state index in [4.69, 9.17) is 4.74 Å². The van der Waals surface area contributed by atoms with Gasteiger partial charge in [0.2, 0.25) is 0 Å². The molecule has 0 atom stereocenters. The lowest BCUT2D eigenvalue weighted by atomic mass is 9.99. The summed E-state index contributed by atoms with van der Waals surface area (Å²) in [5.41, 5.74) is 4.85. The fraction of sp³-hybridized carbons (Fsp3) is 0.292. The summed E-state index contributed by atoms with van der Waals surface area (Å²) in [7, 11) is 0. The summed E-state index contributed by atoms with van der Waals surface area (Å²) in [5, 5.41) is 3.79. The monoisotopic (exact) mass is 403 g/mol. The van der Waals surface area contributed by atoms with Crippen molar-refractivity contribution in [2.75, 3.05) is 25.0 Å². The lowest BCUT2D eigenvalue weighted by Gasteiger charge is -2.27. The maximum Gasteiger partial charge on any atom is 0.412 e. The van der Waals surface area contributed by atoms with Crippen LogP contribution in [0.3, 0.4) is 0 Å². The van der Waals surface area contributed by atoms with Crippen LogP contribution in [0.1, 0.15) is 31.4 Å². The van der Waals surface area contributed by atoms with Crippen molar-refractivity contribution in [2.24, 2.45) is 0 Å². The second-order valence-corrected chi connectivity index (χ2v) is 7.93. The van der Waals surface area contributed by atoms with Crippen LogP contribution in [-0.2, 0) is 11.3 Å². The SMILES string of the molecule is C[C](C)CN1CC=C(c2c[nH]c3ncc(NC(=O)OCc4ccccc4)cc23)CC1. The third-order valence-electron chi connectivity index (χ3n) is 5.17. The molecule has 1 aliphatic heterocycles. The van der Waals surface area contributed by atoms with Gasteiger partial charge in [0.15, 0.2) is 0 Å². The van der Waals surface area contributed by atoms with E-state index >= 15 is 0 Å². The average Bonchev–Trinajstić information content (AvgIpc) is 3.16. The molecule has 0 fully saturated rings. The van der Waals surface area contributed by atoms with Gasteiger partial charge in [0.05, 0.1) is 11.9 Å². The summed E-state index contributed by atoms with van der Waals surface area (Å²) in [6, 6.07) is 11.6. The molecule has 0 saturated heterocycles. The number of aromatic amines is 1. The third kappa shape index (κ3) is 4.89. The molecule has 1 aliphatic rings. The van der Waals surface area contributed by atoms with E-state index in [0.29, 0.717) is 5.69 Å². The van der Waals surface area contributed by atoms with E-state index < -0.39 is 6.09 Å². The zero-order valence-corrected chi connectivity index (χ0v) is 17.4. The lowest BCUT2D eigenvalue weighted by molar-refractivity contribution is 0.155. The number of H-pyrrole nitrogens is 1. The number of carbonyl (C=O) groups is 1. The molecule has 155 valence electrons. The Morgan fingerprint density at radius 3 is 2.83 bits per heavy atom. The van der Waals surface area contributed by atoms with Crippen LogP contribution < -0.4 is 5.32 Å². The van der Waals surface area contributed by atoms with Gasteiger partial charge < -0.3 is 9.72 Å². The summed E-state index contributed by atoms with van der Waals surface area (Å²) in [6.45, 7) is 7.60. The number of fused-ring (bicyclic) bond motifs is 1. The summed E-state index contributed by atoms with van der Waals surface area (Å²) in [6.07, 6.45) is 6.45. The van der Waals surface area contributed by atoms with Gasteiger partial charge in [0.1, 0.15) is 12.3 Å². The van der Waals surface area contributed by atoms with Gasteiger partial charge in [-0.25, -0.2) is 9.78 Å². The molecule has 0 spiro atoms. The lowest BCUT2D eigenvalue weighted by Crippen LogP contribution is -2.31. The molecule has 1 aromatic carbocycles. The number of nitrogens with zero attached hydrogens (tertiary/aromatic N) is 2. The van der Waals surface area contributed by atoms with Gasteiger partial charge >= 0.3 is 6.09 Å². The first-order valence-corrected chi connectivity index (χ1v) is 10.2. The van der Waals surface area contributed by atoms with Crippen molar-refractivity contribution >= 4 is 28.4 Å². The van der Waals surface area contributed by atoms with E-state index in [-0.39, 0.29) is 6.61 Å². The van der Waals surface area contributed by atoms with Gasteiger partial charge in [-0.15, -0.1) is 0 Å². The number of hydrogen-bond acceptors (Lipinski definition) is 4. The maximum absolute atomic E-state index is 12.2. The molecule has 3 heterocycles. The summed E-state index contributed by atoms with van der Waals surface area (Å²) in [4.78, 5) is 22.3. The average molecular weight is 404 g/mol. The van der Waals surface area contributed by atoms with Crippen LogP contribution in [0.5, 0.6) is 0 Å². The Hall–Kier alpha value is -3.12. The van der Waals surface area contributed by atoms with Gasteiger partial charge in [-0.3, -0.25) is 10.2 Å². The highest BCUT2D eigenvalue weighted by atomic mass is 16.5. The number of hydrogen-bond donors (Lipinski definition) is 2. The molecule has 1 radical (unpaired) electrons. The summed E-state index contributed by atoms with van der Waals surface area (Å²) in [5.74, 6) is 1.43. The predicted molar refractivity (Wildman–Crippen MR) is 120 cm³/mol. The first-order valence-electron chi connectivity index (χ1n) is 10.2. The van der Waals surface area contributed by atoms with E-state index in [0.717, 1.165) is 48.2 Å². The maximum atomic E-state index is 12.2. The summed E-state index contributed by atoms with van der Waals surface area (Å²) >= 11 is 0. The van der Waals surface area contributed by atoms with Crippen molar-refractivity contribution in [1.82, 2.24) is 14.9 Å².